The first-order valence-corrected chi connectivity index (χ1v) is 3.82. The van der Waals surface area contributed by atoms with Crippen molar-refractivity contribution in [2.45, 2.75) is 6.92 Å². The largest absolute Gasteiger partial charge is 0.496 e. The molecule has 1 rings (SSSR count). The summed E-state index contributed by atoms with van der Waals surface area (Å²) in [6.07, 6.45) is 0. The fourth-order valence-corrected chi connectivity index (χ4v) is 1.01. The van der Waals surface area contributed by atoms with Gasteiger partial charge in [-0.25, -0.2) is 8.78 Å². The molecule has 1 aromatic rings. The van der Waals surface area contributed by atoms with Crippen LogP contribution in [0.1, 0.15) is 12.5 Å². The molecule has 1 nitrogen and oxygen atoms in total. The van der Waals surface area contributed by atoms with Crippen molar-refractivity contribution in [2.75, 3.05) is 7.11 Å². The zero-order valence-corrected chi connectivity index (χ0v) is 7.47. The molecule has 0 bridgehead atoms. The van der Waals surface area contributed by atoms with E-state index in [1.807, 2.05) is 0 Å². The Labute approximate surface area is 75.6 Å². The second kappa shape index (κ2) is 4.03. The Kier molecular flexibility index (Phi) is 3.01. The zero-order chi connectivity index (χ0) is 9.84. The molecule has 0 aromatic heterocycles. The third kappa shape index (κ3) is 2.05. The van der Waals surface area contributed by atoms with E-state index in [9.17, 15) is 8.78 Å². The van der Waals surface area contributed by atoms with E-state index in [2.05, 4.69) is 0 Å². The molecule has 0 aliphatic carbocycles. The molecule has 0 N–H and O–H groups in total. The number of benzene rings is 1. The molecule has 0 atom stereocenters. The number of hydrogen-bond acceptors (Lipinski definition) is 1. The molecule has 0 fully saturated rings. The van der Waals surface area contributed by atoms with Crippen LogP contribution < -0.4 is 4.74 Å². The summed E-state index contributed by atoms with van der Waals surface area (Å²) >= 11 is 0. The summed E-state index contributed by atoms with van der Waals surface area (Å²) in [5.74, 6) is -1.39. The summed E-state index contributed by atoms with van der Waals surface area (Å²) < 4.78 is 30.6. The Morgan fingerprint density at radius 3 is 2.38 bits per heavy atom. The van der Waals surface area contributed by atoms with Gasteiger partial charge in [-0.2, -0.15) is 0 Å². The van der Waals surface area contributed by atoms with Crippen LogP contribution in [0.25, 0.3) is 5.83 Å². The Morgan fingerprint density at radius 2 is 1.85 bits per heavy atom. The van der Waals surface area contributed by atoms with Gasteiger partial charge in [0.25, 0.3) is 0 Å². The summed E-state index contributed by atoms with van der Waals surface area (Å²) in [5, 5.41) is 0. The van der Waals surface area contributed by atoms with Crippen molar-refractivity contribution in [2.24, 2.45) is 0 Å². The number of ether oxygens (including phenoxy) is 1. The maximum Gasteiger partial charge on any atom is 0.165 e. The van der Waals surface area contributed by atoms with Gasteiger partial charge in [0.1, 0.15) is 11.6 Å². The molecule has 13 heavy (non-hydrogen) atoms. The van der Waals surface area contributed by atoms with Crippen LogP contribution >= 0.6 is 0 Å². The van der Waals surface area contributed by atoms with Gasteiger partial charge >= 0.3 is 0 Å². The molecule has 0 aliphatic heterocycles. The molecular formula is C10H10F2O. The Balaban J connectivity index is 3.21. The van der Waals surface area contributed by atoms with E-state index in [0.29, 0.717) is 5.75 Å². The first kappa shape index (κ1) is 9.71. The normalized spacial score (nSPS) is 12.3. The minimum Gasteiger partial charge on any atom is -0.496 e. The first-order chi connectivity index (χ1) is 6.16. The minimum absolute atomic E-state index is 0.144. The number of para-hydroxylation sites is 1. The van der Waals surface area contributed by atoms with Crippen LogP contribution in [0, 0.1) is 0 Å². The van der Waals surface area contributed by atoms with Crippen LogP contribution in [0.3, 0.4) is 0 Å². The highest BCUT2D eigenvalue weighted by Crippen LogP contribution is 2.28. The van der Waals surface area contributed by atoms with E-state index in [4.69, 9.17) is 4.74 Å². The smallest absolute Gasteiger partial charge is 0.165 e. The fraction of sp³-hybridized carbons (Fsp3) is 0.200. The van der Waals surface area contributed by atoms with Crippen LogP contribution in [0.5, 0.6) is 5.75 Å². The third-order valence-corrected chi connectivity index (χ3v) is 1.65. The highest BCUT2D eigenvalue weighted by Gasteiger charge is 2.09. The van der Waals surface area contributed by atoms with E-state index in [1.165, 1.54) is 13.2 Å². The monoisotopic (exact) mass is 184 g/mol. The topological polar surface area (TPSA) is 9.23 Å². The van der Waals surface area contributed by atoms with Crippen molar-refractivity contribution in [3.05, 3.63) is 35.7 Å². The quantitative estimate of drug-likeness (QED) is 0.685. The summed E-state index contributed by atoms with van der Waals surface area (Å²) in [7, 11) is 1.42. The van der Waals surface area contributed by atoms with E-state index in [-0.39, 0.29) is 5.56 Å². The van der Waals surface area contributed by atoms with Crippen molar-refractivity contribution in [3.63, 3.8) is 0 Å². The average Bonchev–Trinajstić information content (AvgIpc) is 2.16. The lowest BCUT2D eigenvalue weighted by Crippen LogP contribution is -1.89. The summed E-state index contributed by atoms with van der Waals surface area (Å²) in [6, 6.07) is 6.37. The second-order valence-electron chi connectivity index (χ2n) is 2.55. The van der Waals surface area contributed by atoms with Crippen LogP contribution in [0.15, 0.2) is 30.1 Å². The minimum atomic E-state index is -0.877. The summed E-state index contributed by atoms with van der Waals surface area (Å²) in [6.45, 7) is 1.07. The summed E-state index contributed by atoms with van der Waals surface area (Å²) in [4.78, 5) is 0. The van der Waals surface area contributed by atoms with Gasteiger partial charge in [-0.05, 0) is 19.1 Å². The van der Waals surface area contributed by atoms with Gasteiger partial charge in [0.2, 0.25) is 0 Å². The number of halogens is 2. The standard InChI is InChI=1S/C10H10F2O/c1-7(11)10(12)8-5-3-4-6-9(8)13-2/h3-6H,1-2H3/b10-7-. The Morgan fingerprint density at radius 1 is 1.23 bits per heavy atom. The number of methoxy groups -OCH3 is 1. The van der Waals surface area contributed by atoms with E-state index in [1.54, 1.807) is 18.2 Å². The number of rotatable bonds is 2. The molecule has 3 heteroatoms. The molecule has 0 spiro atoms. The molecular weight excluding hydrogens is 174 g/mol. The lowest BCUT2D eigenvalue weighted by Gasteiger charge is -2.05. The van der Waals surface area contributed by atoms with Crippen molar-refractivity contribution >= 4 is 5.83 Å². The van der Waals surface area contributed by atoms with Gasteiger partial charge in [0, 0.05) is 0 Å². The first-order valence-electron chi connectivity index (χ1n) is 3.82. The Bertz CT molecular complexity index is 327. The lowest BCUT2D eigenvalue weighted by molar-refractivity contribution is 0.411. The lowest BCUT2D eigenvalue weighted by atomic mass is 10.1. The Hall–Kier alpha value is -1.38. The van der Waals surface area contributed by atoms with Crippen LogP contribution in [0.2, 0.25) is 0 Å². The predicted molar refractivity (Wildman–Crippen MR) is 47.8 cm³/mol. The van der Waals surface area contributed by atoms with Gasteiger partial charge in [0.15, 0.2) is 5.83 Å². The maximum absolute atomic E-state index is 13.1. The molecule has 0 aliphatic rings. The van der Waals surface area contributed by atoms with Gasteiger partial charge < -0.3 is 4.74 Å². The summed E-state index contributed by atoms with van der Waals surface area (Å²) in [5.41, 5.74) is 0.144. The van der Waals surface area contributed by atoms with Crippen molar-refractivity contribution in [3.8, 4) is 5.75 Å². The molecule has 0 saturated heterocycles. The van der Waals surface area contributed by atoms with E-state index < -0.39 is 11.7 Å². The molecule has 0 unspecified atom stereocenters. The maximum atomic E-state index is 13.1. The van der Waals surface area contributed by atoms with Crippen molar-refractivity contribution in [1.82, 2.24) is 0 Å². The second-order valence-corrected chi connectivity index (χ2v) is 2.55. The van der Waals surface area contributed by atoms with E-state index >= 15 is 0 Å². The molecule has 70 valence electrons. The van der Waals surface area contributed by atoms with Gasteiger partial charge in [-0.3, -0.25) is 0 Å². The molecule has 0 heterocycles. The van der Waals surface area contributed by atoms with Gasteiger partial charge in [0.05, 0.1) is 12.7 Å². The number of hydrogen-bond donors (Lipinski definition) is 0. The average molecular weight is 184 g/mol. The SMILES string of the molecule is COc1ccccc1/C(F)=C(\C)F. The van der Waals surface area contributed by atoms with E-state index in [0.717, 1.165) is 6.92 Å². The van der Waals surface area contributed by atoms with Crippen molar-refractivity contribution in [1.29, 1.82) is 0 Å². The molecule has 0 saturated carbocycles. The van der Waals surface area contributed by atoms with Gasteiger partial charge in [-0.15, -0.1) is 0 Å². The molecule has 0 radical (unpaired) electrons. The predicted octanol–water partition coefficient (Wildman–Crippen LogP) is 3.32. The fourth-order valence-electron chi connectivity index (χ4n) is 1.01. The van der Waals surface area contributed by atoms with Crippen LogP contribution in [0.4, 0.5) is 8.78 Å². The third-order valence-electron chi connectivity index (χ3n) is 1.65. The van der Waals surface area contributed by atoms with Crippen molar-refractivity contribution < 1.29 is 13.5 Å². The molecule has 0 amide bonds. The highest BCUT2D eigenvalue weighted by molar-refractivity contribution is 5.66. The van der Waals surface area contributed by atoms with Crippen LogP contribution in [-0.2, 0) is 0 Å². The zero-order valence-electron chi connectivity index (χ0n) is 7.47. The molecule has 1 aromatic carbocycles. The van der Waals surface area contributed by atoms with Gasteiger partial charge in [-0.1, -0.05) is 12.1 Å². The van der Waals surface area contributed by atoms with Crippen LogP contribution in [-0.4, -0.2) is 7.11 Å². The number of allylic oxidation sites excluding steroid dienone is 1. The highest BCUT2D eigenvalue weighted by atomic mass is 19.2.